The van der Waals surface area contributed by atoms with Gasteiger partial charge >= 0.3 is 0 Å². The molecule has 0 spiro atoms. The van der Waals surface area contributed by atoms with E-state index in [1.54, 1.807) is 0 Å². The molecule has 1 aliphatic carbocycles. The van der Waals surface area contributed by atoms with Crippen LogP contribution in [-0.2, 0) is 17.7 Å². The molecule has 1 heterocycles. The second-order valence-corrected chi connectivity index (χ2v) is 9.08. The second-order valence-electron chi connectivity index (χ2n) is 9.08. The van der Waals surface area contributed by atoms with Crippen LogP contribution in [0, 0.1) is 11.3 Å². The third kappa shape index (κ3) is 5.29. The maximum absolute atomic E-state index is 10.4. The van der Waals surface area contributed by atoms with Crippen LogP contribution in [0.1, 0.15) is 57.6 Å². The van der Waals surface area contributed by atoms with Crippen LogP contribution >= 0.6 is 0 Å². The molecular weight excluding hydrogens is 310 g/mol. The van der Waals surface area contributed by atoms with Crippen LogP contribution in [0.5, 0.6) is 0 Å². The van der Waals surface area contributed by atoms with Crippen molar-refractivity contribution < 1.29 is 9.84 Å². The van der Waals surface area contributed by atoms with Crippen LogP contribution in [0.2, 0.25) is 0 Å². The zero-order chi connectivity index (χ0) is 17.9. The summed E-state index contributed by atoms with van der Waals surface area (Å²) in [6.07, 6.45) is 5.85. The molecule has 1 saturated carbocycles. The van der Waals surface area contributed by atoms with Crippen LogP contribution in [0.15, 0.2) is 24.3 Å². The first kappa shape index (κ1) is 18.9. The molecule has 25 heavy (non-hydrogen) atoms. The monoisotopic (exact) mass is 345 g/mol. The number of nitrogens with zero attached hydrogens (tertiary/aromatic N) is 1. The van der Waals surface area contributed by atoms with Gasteiger partial charge in [0.25, 0.3) is 0 Å². The van der Waals surface area contributed by atoms with Crippen molar-refractivity contribution in [2.24, 2.45) is 11.3 Å². The summed E-state index contributed by atoms with van der Waals surface area (Å²) in [6.45, 7) is 10.2. The van der Waals surface area contributed by atoms with Crippen molar-refractivity contribution in [1.29, 1.82) is 0 Å². The largest absolute Gasteiger partial charge is 0.389 e. The van der Waals surface area contributed by atoms with Gasteiger partial charge in [-0.25, -0.2) is 0 Å². The first-order chi connectivity index (χ1) is 11.9. The average Bonchev–Trinajstić information content (AvgIpc) is 2.59. The van der Waals surface area contributed by atoms with Crippen LogP contribution in [-0.4, -0.2) is 41.9 Å². The van der Waals surface area contributed by atoms with Gasteiger partial charge in [-0.15, -0.1) is 0 Å². The van der Waals surface area contributed by atoms with E-state index in [4.69, 9.17) is 4.74 Å². The second kappa shape index (κ2) is 8.20. The van der Waals surface area contributed by atoms with Gasteiger partial charge in [0.05, 0.1) is 18.8 Å². The number of hydrogen-bond acceptors (Lipinski definition) is 3. The summed E-state index contributed by atoms with van der Waals surface area (Å²) in [5, 5.41) is 10.4. The molecule has 1 atom stereocenters. The van der Waals surface area contributed by atoms with Gasteiger partial charge in [-0.1, -0.05) is 45.0 Å². The quantitative estimate of drug-likeness (QED) is 0.875. The molecule has 1 unspecified atom stereocenters. The summed E-state index contributed by atoms with van der Waals surface area (Å²) in [4.78, 5) is 2.35. The maximum atomic E-state index is 10.4. The Balaban J connectivity index is 1.37. The molecule has 0 bridgehead atoms. The van der Waals surface area contributed by atoms with E-state index in [9.17, 15) is 5.11 Å². The topological polar surface area (TPSA) is 32.7 Å². The van der Waals surface area contributed by atoms with Gasteiger partial charge in [0.2, 0.25) is 0 Å². The molecule has 0 amide bonds. The summed E-state index contributed by atoms with van der Waals surface area (Å²) in [7, 11) is 0. The third-order valence-electron chi connectivity index (χ3n) is 6.10. The molecule has 0 saturated heterocycles. The number of β-amino-alcohol motifs (C(OH)–C–C–N with tert-alkyl or cyclic N) is 1. The van der Waals surface area contributed by atoms with Crippen LogP contribution in [0.3, 0.4) is 0 Å². The maximum Gasteiger partial charge on any atom is 0.0900 e. The highest BCUT2D eigenvalue weighted by Gasteiger charge is 2.30. The van der Waals surface area contributed by atoms with E-state index < -0.39 is 0 Å². The molecule has 0 aromatic heterocycles. The molecular formula is C22H35NO2. The Labute approximate surface area is 153 Å². The number of fused-ring (bicyclic) bond motifs is 1. The standard InChI is InChI=1S/C22H35NO2/c1-22(2,3)19-8-10-21(11-9-19)25-16-20(24)15-23-13-12-17-6-4-5-7-18(17)14-23/h4-7,19-21,24H,8-16H2,1-3H3. The highest BCUT2D eigenvalue weighted by molar-refractivity contribution is 5.29. The summed E-state index contributed by atoms with van der Waals surface area (Å²) in [6, 6.07) is 8.65. The smallest absolute Gasteiger partial charge is 0.0900 e. The van der Waals surface area contributed by atoms with Crippen molar-refractivity contribution in [1.82, 2.24) is 4.90 Å². The minimum absolute atomic E-state index is 0.343. The molecule has 3 rings (SSSR count). The van der Waals surface area contributed by atoms with Gasteiger partial charge < -0.3 is 9.84 Å². The van der Waals surface area contributed by atoms with Gasteiger partial charge in [-0.05, 0) is 54.6 Å². The minimum Gasteiger partial charge on any atom is -0.389 e. The Morgan fingerprint density at radius 1 is 1.12 bits per heavy atom. The van der Waals surface area contributed by atoms with E-state index >= 15 is 0 Å². The number of ether oxygens (including phenoxy) is 1. The van der Waals surface area contributed by atoms with Crippen molar-refractivity contribution in [2.75, 3.05) is 19.7 Å². The first-order valence-corrected chi connectivity index (χ1v) is 10.0. The van der Waals surface area contributed by atoms with E-state index in [1.165, 1.54) is 24.0 Å². The van der Waals surface area contributed by atoms with Crippen molar-refractivity contribution in [3.05, 3.63) is 35.4 Å². The molecule has 3 heteroatoms. The Hall–Kier alpha value is -0.900. The molecule has 1 aromatic carbocycles. The number of benzene rings is 1. The van der Waals surface area contributed by atoms with Gasteiger partial charge in [0, 0.05) is 19.6 Å². The molecule has 1 aromatic rings. The van der Waals surface area contributed by atoms with Gasteiger partial charge in [0.1, 0.15) is 0 Å². The summed E-state index contributed by atoms with van der Waals surface area (Å²) in [5.41, 5.74) is 3.28. The van der Waals surface area contributed by atoms with E-state index in [2.05, 4.69) is 49.9 Å². The van der Waals surface area contributed by atoms with E-state index in [0.717, 1.165) is 38.3 Å². The number of rotatable bonds is 5. The summed E-state index contributed by atoms with van der Waals surface area (Å²) >= 11 is 0. The Bertz CT molecular complexity index is 543. The fraction of sp³-hybridized carbons (Fsp3) is 0.727. The molecule has 1 fully saturated rings. The fourth-order valence-electron chi connectivity index (χ4n) is 4.40. The first-order valence-electron chi connectivity index (χ1n) is 10.0. The molecule has 3 nitrogen and oxygen atoms in total. The molecule has 2 aliphatic rings. The normalized spacial score (nSPS) is 26.2. The number of hydrogen-bond donors (Lipinski definition) is 1. The fourth-order valence-corrected chi connectivity index (χ4v) is 4.40. The highest BCUT2D eigenvalue weighted by atomic mass is 16.5. The number of aliphatic hydroxyl groups is 1. The zero-order valence-electron chi connectivity index (χ0n) is 16.2. The molecule has 0 radical (unpaired) electrons. The SMILES string of the molecule is CC(C)(C)C1CCC(OCC(O)CN2CCc3ccccc3C2)CC1. The lowest BCUT2D eigenvalue weighted by Gasteiger charge is -2.37. The Morgan fingerprint density at radius 3 is 2.48 bits per heavy atom. The van der Waals surface area contributed by atoms with Crippen LogP contribution in [0.25, 0.3) is 0 Å². The minimum atomic E-state index is -0.384. The van der Waals surface area contributed by atoms with Crippen molar-refractivity contribution >= 4 is 0 Å². The van der Waals surface area contributed by atoms with Gasteiger partial charge in [0.15, 0.2) is 0 Å². The van der Waals surface area contributed by atoms with E-state index in [-0.39, 0.29) is 6.10 Å². The predicted molar refractivity (Wildman–Crippen MR) is 103 cm³/mol. The van der Waals surface area contributed by atoms with Gasteiger partial charge in [-0.2, -0.15) is 0 Å². The summed E-state index contributed by atoms with van der Waals surface area (Å²) in [5.74, 6) is 0.811. The van der Waals surface area contributed by atoms with Crippen LogP contribution in [0.4, 0.5) is 0 Å². The van der Waals surface area contributed by atoms with Crippen molar-refractivity contribution in [3.8, 4) is 0 Å². The van der Waals surface area contributed by atoms with Crippen molar-refractivity contribution in [3.63, 3.8) is 0 Å². The average molecular weight is 346 g/mol. The lowest BCUT2D eigenvalue weighted by atomic mass is 9.72. The van der Waals surface area contributed by atoms with Crippen LogP contribution < -0.4 is 0 Å². The van der Waals surface area contributed by atoms with Gasteiger partial charge in [-0.3, -0.25) is 4.90 Å². The third-order valence-corrected chi connectivity index (χ3v) is 6.10. The van der Waals surface area contributed by atoms with E-state index in [1.807, 2.05) is 0 Å². The number of aliphatic hydroxyl groups excluding tert-OH is 1. The Kier molecular flexibility index (Phi) is 6.19. The van der Waals surface area contributed by atoms with E-state index in [0.29, 0.717) is 24.7 Å². The Morgan fingerprint density at radius 2 is 1.80 bits per heavy atom. The highest BCUT2D eigenvalue weighted by Crippen LogP contribution is 2.38. The zero-order valence-corrected chi connectivity index (χ0v) is 16.2. The molecule has 1 N–H and O–H groups in total. The van der Waals surface area contributed by atoms with Crippen molar-refractivity contribution in [2.45, 2.75) is 71.6 Å². The summed E-state index contributed by atoms with van der Waals surface area (Å²) < 4.78 is 6.04. The predicted octanol–water partition coefficient (Wildman–Crippen LogP) is 4.03. The molecule has 1 aliphatic heterocycles. The lowest BCUT2D eigenvalue weighted by Crippen LogP contribution is -2.39. The molecule has 140 valence electrons. The lowest BCUT2D eigenvalue weighted by molar-refractivity contribution is -0.0452.